The standard InChI is InChI=1S/C15H29NO2/c1-14(17)8-6-4-3-5-7-11-16-12-9-15(18-2)10-13-16/h15H,3-13H2,1-2H3. The molecule has 0 radical (unpaired) electrons. The molecular weight excluding hydrogens is 226 g/mol. The number of methoxy groups -OCH3 is 1. The van der Waals surface area contributed by atoms with Gasteiger partial charge < -0.3 is 14.4 Å². The van der Waals surface area contributed by atoms with Crippen molar-refractivity contribution < 1.29 is 9.53 Å². The molecule has 0 aromatic heterocycles. The van der Waals surface area contributed by atoms with Gasteiger partial charge in [-0.3, -0.25) is 0 Å². The molecule has 1 rings (SSSR count). The summed E-state index contributed by atoms with van der Waals surface area (Å²) in [5, 5.41) is 0. The molecule has 0 bridgehead atoms. The molecular formula is C15H29NO2. The molecule has 3 heteroatoms. The van der Waals surface area contributed by atoms with Crippen LogP contribution in [0.4, 0.5) is 0 Å². The van der Waals surface area contributed by atoms with Gasteiger partial charge in [0.2, 0.25) is 0 Å². The van der Waals surface area contributed by atoms with Gasteiger partial charge in [-0.1, -0.05) is 19.3 Å². The van der Waals surface area contributed by atoms with Crippen molar-refractivity contribution >= 4 is 5.78 Å². The van der Waals surface area contributed by atoms with Gasteiger partial charge in [0.05, 0.1) is 6.10 Å². The summed E-state index contributed by atoms with van der Waals surface area (Å²) in [6, 6.07) is 0. The minimum atomic E-state index is 0.330. The predicted octanol–water partition coefficient (Wildman–Crippen LogP) is 3.03. The normalized spacial score (nSPS) is 18.1. The number of nitrogens with zero attached hydrogens (tertiary/aromatic N) is 1. The van der Waals surface area contributed by atoms with E-state index in [0.29, 0.717) is 11.9 Å². The molecule has 0 aromatic carbocycles. The zero-order chi connectivity index (χ0) is 13.2. The number of ether oxygens (including phenoxy) is 1. The van der Waals surface area contributed by atoms with Gasteiger partial charge >= 0.3 is 0 Å². The van der Waals surface area contributed by atoms with Crippen LogP contribution in [-0.4, -0.2) is 43.5 Å². The van der Waals surface area contributed by atoms with Crippen LogP contribution in [0.2, 0.25) is 0 Å². The number of unbranched alkanes of at least 4 members (excludes halogenated alkanes) is 4. The fourth-order valence-corrected chi connectivity index (χ4v) is 2.61. The molecule has 1 heterocycles. The molecule has 1 saturated heterocycles. The highest BCUT2D eigenvalue weighted by molar-refractivity contribution is 5.75. The first-order valence-electron chi connectivity index (χ1n) is 7.47. The number of carbonyl (C=O) groups is 1. The Morgan fingerprint density at radius 3 is 2.33 bits per heavy atom. The minimum absolute atomic E-state index is 0.330. The molecule has 0 amide bonds. The average molecular weight is 255 g/mol. The Morgan fingerprint density at radius 1 is 1.11 bits per heavy atom. The third-order valence-corrected chi connectivity index (χ3v) is 3.87. The van der Waals surface area contributed by atoms with Crippen molar-refractivity contribution in [3.8, 4) is 0 Å². The van der Waals surface area contributed by atoms with E-state index < -0.39 is 0 Å². The summed E-state index contributed by atoms with van der Waals surface area (Å²) in [5.74, 6) is 0.330. The molecule has 0 spiro atoms. The van der Waals surface area contributed by atoms with Gasteiger partial charge in [0.1, 0.15) is 5.78 Å². The number of likely N-dealkylation sites (tertiary alicyclic amines) is 1. The van der Waals surface area contributed by atoms with E-state index in [1.54, 1.807) is 6.92 Å². The highest BCUT2D eigenvalue weighted by Gasteiger charge is 2.17. The van der Waals surface area contributed by atoms with Gasteiger partial charge in [0.15, 0.2) is 0 Å². The van der Waals surface area contributed by atoms with Crippen molar-refractivity contribution in [1.82, 2.24) is 4.90 Å². The summed E-state index contributed by atoms with van der Waals surface area (Å²) in [6.07, 6.45) is 9.82. The number of Topliss-reactive ketones (excluding diaryl/α,β-unsaturated/α-hetero) is 1. The van der Waals surface area contributed by atoms with Gasteiger partial charge in [-0.15, -0.1) is 0 Å². The van der Waals surface area contributed by atoms with Gasteiger partial charge in [0, 0.05) is 26.6 Å². The lowest BCUT2D eigenvalue weighted by atomic mass is 10.1. The van der Waals surface area contributed by atoms with E-state index in [0.717, 1.165) is 12.8 Å². The quantitative estimate of drug-likeness (QED) is 0.593. The summed E-state index contributed by atoms with van der Waals surface area (Å²) in [5.41, 5.74) is 0. The van der Waals surface area contributed by atoms with Crippen LogP contribution >= 0.6 is 0 Å². The minimum Gasteiger partial charge on any atom is -0.381 e. The molecule has 0 unspecified atom stereocenters. The molecule has 3 nitrogen and oxygen atoms in total. The molecule has 0 aliphatic carbocycles. The van der Waals surface area contributed by atoms with Gasteiger partial charge in [0.25, 0.3) is 0 Å². The van der Waals surface area contributed by atoms with Crippen LogP contribution in [-0.2, 0) is 9.53 Å². The maximum Gasteiger partial charge on any atom is 0.129 e. The smallest absolute Gasteiger partial charge is 0.129 e. The molecule has 1 fully saturated rings. The van der Waals surface area contributed by atoms with Crippen molar-refractivity contribution in [3.63, 3.8) is 0 Å². The molecule has 18 heavy (non-hydrogen) atoms. The van der Waals surface area contributed by atoms with E-state index in [1.165, 1.54) is 58.2 Å². The van der Waals surface area contributed by atoms with Gasteiger partial charge in [-0.25, -0.2) is 0 Å². The fourth-order valence-electron chi connectivity index (χ4n) is 2.61. The third kappa shape index (κ3) is 7.12. The SMILES string of the molecule is COC1CCN(CCCCCCCC(C)=O)CC1. The molecule has 0 aromatic rings. The molecule has 0 atom stereocenters. The Morgan fingerprint density at radius 2 is 1.72 bits per heavy atom. The first-order valence-corrected chi connectivity index (χ1v) is 7.47. The second-order valence-electron chi connectivity index (χ2n) is 5.50. The summed E-state index contributed by atoms with van der Waals surface area (Å²) < 4.78 is 5.37. The monoisotopic (exact) mass is 255 g/mol. The number of ketones is 1. The van der Waals surface area contributed by atoms with Crippen LogP contribution in [0.15, 0.2) is 0 Å². The van der Waals surface area contributed by atoms with Crippen molar-refractivity contribution in [1.29, 1.82) is 0 Å². The van der Waals surface area contributed by atoms with E-state index >= 15 is 0 Å². The zero-order valence-electron chi connectivity index (χ0n) is 12.1. The Hall–Kier alpha value is -0.410. The van der Waals surface area contributed by atoms with Crippen molar-refractivity contribution in [2.75, 3.05) is 26.7 Å². The maximum atomic E-state index is 10.8. The fraction of sp³-hybridized carbons (Fsp3) is 0.933. The molecule has 1 aliphatic heterocycles. The maximum absolute atomic E-state index is 10.8. The Balaban J connectivity index is 1.88. The second kappa shape index (κ2) is 9.51. The largest absolute Gasteiger partial charge is 0.381 e. The number of rotatable bonds is 9. The number of hydrogen-bond donors (Lipinski definition) is 0. The Kier molecular flexibility index (Phi) is 8.27. The first-order chi connectivity index (χ1) is 8.72. The van der Waals surface area contributed by atoms with Crippen LogP contribution in [0, 0.1) is 0 Å². The number of piperidine rings is 1. The highest BCUT2D eigenvalue weighted by atomic mass is 16.5. The van der Waals surface area contributed by atoms with E-state index in [1.807, 2.05) is 7.11 Å². The molecule has 0 N–H and O–H groups in total. The predicted molar refractivity (Wildman–Crippen MR) is 74.9 cm³/mol. The summed E-state index contributed by atoms with van der Waals surface area (Å²) in [6.45, 7) is 5.32. The Labute approximate surface area is 112 Å². The van der Waals surface area contributed by atoms with Crippen LogP contribution in [0.3, 0.4) is 0 Å². The highest BCUT2D eigenvalue weighted by Crippen LogP contribution is 2.14. The molecule has 0 saturated carbocycles. The number of hydrogen-bond acceptors (Lipinski definition) is 3. The lowest BCUT2D eigenvalue weighted by molar-refractivity contribution is -0.117. The molecule has 106 valence electrons. The summed E-state index contributed by atoms with van der Waals surface area (Å²) in [4.78, 5) is 13.3. The lowest BCUT2D eigenvalue weighted by Gasteiger charge is -2.31. The van der Waals surface area contributed by atoms with Gasteiger partial charge in [-0.05, 0) is 39.2 Å². The topological polar surface area (TPSA) is 29.5 Å². The second-order valence-corrected chi connectivity index (χ2v) is 5.50. The first kappa shape index (κ1) is 15.6. The van der Waals surface area contributed by atoms with Crippen LogP contribution in [0.25, 0.3) is 0 Å². The van der Waals surface area contributed by atoms with Crippen LogP contribution in [0.1, 0.15) is 58.3 Å². The van der Waals surface area contributed by atoms with Crippen LogP contribution < -0.4 is 0 Å². The van der Waals surface area contributed by atoms with Crippen molar-refractivity contribution in [3.05, 3.63) is 0 Å². The average Bonchev–Trinajstić information content (AvgIpc) is 2.38. The third-order valence-electron chi connectivity index (χ3n) is 3.87. The van der Waals surface area contributed by atoms with Crippen molar-refractivity contribution in [2.45, 2.75) is 64.4 Å². The lowest BCUT2D eigenvalue weighted by Crippen LogP contribution is -2.37. The zero-order valence-corrected chi connectivity index (χ0v) is 12.1. The Bertz CT molecular complexity index is 223. The van der Waals surface area contributed by atoms with E-state index in [-0.39, 0.29) is 0 Å². The van der Waals surface area contributed by atoms with Crippen molar-refractivity contribution in [2.24, 2.45) is 0 Å². The van der Waals surface area contributed by atoms with E-state index in [2.05, 4.69) is 4.90 Å². The van der Waals surface area contributed by atoms with E-state index in [4.69, 9.17) is 4.74 Å². The number of carbonyl (C=O) groups excluding carboxylic acids is 1. The van der Waals surface area contributed by atoms with Crippen LogP contribution in [0.5, 0.6) is 0 Å². The van der Waals surface area contributed by atoms with Gasteiger partial charge in [-0.2, -0.15) is 0 Å². The summed E-state index contributed by atoms with van der Waals surface area (Å²) >= 11 is 0. The summed E-state index contributed by atoms with van der Waals surface area (Å²) in [7, 11) is 1.82. The molecule has 1 aliphatic rings. The van der Waals surface area contributed by atoms with E-state index in [9.17, 15) is 4.79 Å².